The van der Waals surface area contributed by atoms with E-state index in [9.17, 15) is 4.79 Å². The van der Waals surface area contributed by atoms with Crippen LogP contribution in [-0.4, -0.2) is 21.4 Å². The highest BCUT2D eigenvalue weighted by Gasteiger charge is 2.23. The van der Waals surface area contributed by atoms with Crippen molar-refractivity contribution in [2.24, 2.45) is 0 Å². The van der Waals surface area contributed by atoms with Crippen LogP contribution >= 0.6 is 22.9 Å². The lowest BCUT2D eigenvalue weighted by Gasteiger charge is -2.26. The first-order chi connectivity index (χ1) is 14.7. The van der Waals surface area contributed by atoms with Crippen LogP contribution < -0.4 is 10.3 Å². The molecule has 0 bridgehead atoms. The fourth-order valence-electron chi connectivity index (χ4n) is 3.83. The van der Waals surface area contributed by atoms with Gasteiger partial charge in [0.1, 0.15) is 23.0 Å². The van der Waals surface area contributed by atoms with E-state index in [1.807, 2.05) is 6.07 Å². The molecule has 1 N–H and O–H groups in total. The molecule has 0 spiro atoms. The molecular formula is C23H20ClN3O2S. The Labute approximate surface area is 182 Å². The SMILES string of the molecule is O=c1[nH]c(COc2ccc(Cl)cc2)nc2sc3c(c12)CCN(Cc1ccccc1)C3. The maximum absolute atomic E-state index is 12.8. The van der Waals surface area contributed by atoms with Gasteiger partial charge in [-0.25, -0.2) is 4.98 Å². The molecule has 1 aliphatic rings. The van der Waals surface area contributed by atoms with Crippen LogP contribution in [0.25, 0.3) is 10.2 Å². The van der Waals surface area contributed by atoms with Crippen LogP contribution in [0.15, 0.2) is 59.4 Å². The Kier molecular flexibility index (Phi) is 5.29. The van der Waals surface area contributed by atoms with Crippen LogP contribution in [0.4, 0.5) is 0 Å². The zero-order valence-electron chi connectivity index (χ0n) is 16.2. The molecule has 7 heteroatoms. The second-order valence-electron chi connectivity index (χ2n) is 7.39. The fraction of sp³-hybridized carbons (Fsp3) is 0.217. The third kappa shape index (κ3) is 3.99. The summed E-state index contributed by atoms with van der Waals surface area (Å²) in [6.07, 6.45) is 0.869. The molecule has 5 rings (SSSR count). The molecule has 2 aromatic carbocycles. The second-order valence-corrected chi connectivity index (χ2v) is 8.91. The van der Waals surface area contributed by atoms with E-state index in [1.54, 1.807) is 35.6 Å². The summed E-state index contributed by atoms with van der Waals surface area (Å²) < 4.78 is 5.74. The topological polar surface area (TPSA) is 58.2 Å². The van der Waals surface area contributed by atoms with E-state index in [0.717, 1.165) is 41.8 Å². The lowest BCUT2D eigenvalue weighted by Crippen LogP contribution is -2.29. The summed E-state index contributed by atoms with van der Waals surface area (Å²) in [7, 11) is 0. The van der Waals surface area contributed by atoms with Crippen LogP contribution in [0.2, 0.25) is 5.02 Å². The van der Waals surface area contributed by atoms with Crippen molar-refractivity contribution >= 4 is 33.2 Å². The number of hydrogen-bond donors (Lipinski definition) is 1. The summed E-state index contributed by atoms with van der Waals surface area (Å²) in [6.45, 7) is 2.91. The summed E-state index contributed by atoms with van der Waals surface area (Å²) in [4.78, 5) is 24.8. The molecule has 0 unspecified atom stereocenters. The standard InChI is InChI=1S/C23H20ClN3O2S/c24-16-6-8-17(9-7-16)29-14-20-25-22(28)21-18-10-11-27(12-15-4-2-1-3-5-15)13-19(18)30-23(21)26-20/h1-9H,10-14H2,(H,25,26,28). The van der Waals surface area contributed by atoms with Gasteiger partial charge in [-0.3, -0.25) is 9.69 Å². The molecular weight excluding hydrogens is 418 g/mol. The molecule has 0 atom stereocenters. The minimum atomic E-state index is -0.0799. The first-order valence-corrected chi connectivity index (χ1v) is 11.0. The number of aromatic amines is 1. The summed E-state index contributed by atoms with van der Waals surface area (Å²) >= 11 is 7.52. The van der Waals surface area contributed by atoms with Crippen molar-refractivity contribution in [3.8, 4) is 5.75 Å². The number of nitrogens with zero attached hydrogens (tertiary/aromatic N) is 2. The normalized spacial score (nSPS) is 14.0. The van der Waals surface area contributed by atoms with E-state index in [0.29, 0.717) is 16.6 Å². The minimum Gasteiger partial charge on any atom is -0.486 e. The number of ether oxygens (including phenoxy) is 1. The minimum absolute atomic E-state index is 0.0799. The van der Waals surface area contributed by atoms with Crippen molar-refractivity contribution in [3.05, 3.63) is 91.8 Å². The maximum atomic E-state index is 12.8. The number of nitrogens with one attached hydrogen (secondary N) is 1. The molecule has 0 fully saturated rings. The van der Waals surface area contributed by atoms with Gasteiger partial charge in [0.15, 0.2) is 0 Å². The summed E-state index contributed by atoms with van der Waals surface area (Å²) in [5.74, 6) is 1.21. The number of rotatable bonds is 5. The van der Waals surface area contributed by atoms with Crippen LogP contribution in [-0.2, 0) is 26.1 Å². The van der Waals surface area contributed by atoms with Crippen LogP contribution in [0.1, 0.15) is 21.8 Å². The van der Waals surface area contributed by atoms with E-state index >= 15 is 0 Å². The molecule has 30 heavy (non-hydrogen) atoms. The smallest absolute Gasteiger partial charge is 0.260 e. The Morgan fingerprint density at radius 2 is 1.93 bits per heavy atom. The summed E-state index contributed by atoms with van der Waals surface area (Å²) in [6, 6.07) is 17.6. The zero-order chi connectivity index (χ0) is 20.5. The molecule has 152 valence electrons. The van der Waals surface area contributed by atoms with Crippen molar-refractivity contribution in [3.63, 3.8) is 0 Å². The van der Waals surface area contributed by atoms with Crippen LogP contribution in [0.3, 0.4) is 0 Å². The van der Waals surface area contributed by atoms with Crippen molar-refractivity contribution < 1.29 is 4.74 Å². The molecule has 2 aromatic heterocycles. The Bertz CT molecular complexity index is 1240. The lowest BCUT2D eigenvalue weighted by molar-refractivity contribution is 0.249. The van der Waals surface area contributed by atoms with E-state index < -0.39 is 0 Å². The van der Waals surface area contributed by atoms with Gasteiger partial charge in [-0.2, -0.15) is 0 Å². The van der Waals surface area contributed by atoms with Gasteiger partial charge < -0.3 is 9.72 Å². The Morgan fingerprint density at radius 3 is 2.73 bits per heavy atom. The number of H-pyrrole nitrogens is 1. The molecule has 1 aliphatic heterocycles. The largest absolute Gasteiger partial charge is 0.486 e. The van der Waals surface area contributed by atoms with Crippen molar-refractivity contribution in [2.45, 2.75) is 26.1 Å². The highest BCUT2D eigenvalue weighted by Crippen LogP contribution is 2.33. The Balaban J connectivity index is 1.36. The molecule has 5 nitrogen and oxygen atoms in total. The van der Waals surface area contributed by atoms with Gasteiger partial charge in [-0.05, 0) is 41.8 Å². The molecule has 0 saturated carbocycles. The number of hydrogen-bond acceptors (Lipinski definition) is 5. The predicted molar refractivity (Wildman–Crippen MR) is 120 cm³/mol. The third-order valence-corrected chi connectivity index (χ3v) is 6.64. The molecule has 4 aromatic rings. The second kappa shape index (κ2) is 8.22. The number of thiophene rings is 1. The van der Waals surface area contributed by atoms with E-state index in [1.165, 1.54) is 10.4 Å². The highest BCUT2D eigenvalue weighted by atomic mass is 35.5. The summed E-state index contributed by atoms with van der Waals surface area (Å²) in [5.41, 5.74) is 2.38. The quantitative estimate of drug-likeness (QED) is 0.488. The maximum Gasteiger partial charge on any atom is 0.260 e. The first-order valence-electron chi connectivity index (χ1n) is 9.84. The number of benzene rings is 2. The fourth-order valence-corrected chi connectivity index (χ4v) is 5.23. The van der Waals surface area contributed by atoms with Crippen molar-refractivity contribution in [2.75, 3.05) is 6.54 Å². The van der Waals surface area contributed by atoms with E-state index in [4.69, 9.17) is 16.3 Å². The van der Waals surface area contributed by atoms with Gasteiger partial charge in [0.05, 0.1) is 5.39 Å². The zero-order valence-corrected chi connectivity index (χ0v) is 17.8. The van der Waals surface area contributed by atoms with Crippen LogP contribution in [0.5, 0.6) is 5.75 Å². The predicted octanol–water partition coefficient (Wildman–Crippen LogP) is 4.78. The molecule has 3 heterocycles. The van der Waals surface area contributed by atoms with Gasteiger partial charge in [0, 0.05) is 29.5 Å². The number of halogens is 1. The molecule has 0 saturated heterocycles. The Morgan fingerprint density at radius 1 is 1.13 bits per heavy atom. The first kappa shape index (κ1) is 19.3. The highest BCUT2D eigenvalue weighted by molar-refractivity contribution is 7.18. The molecule has 0 radical (unpaired) electrons. The Hall–Kier alpha value is -2.67. The average molecular weight is 438 g/mol. The van der Waals surface area contributed by atoms with Gasteiger partial charge in [-0.1, -0.05) is 41.9 Å². The van der Waals surface area contributed by atoms with E-state index in [-0.39, 0.29) is 12.2 Å². The van der Waals surface area contributed by atoms with Crippen molar-refractivity contribution in [1.82, 2.24) is 14.9 Å². The monoisotopic (exact) mass is 437 g/mol. The van der Waals surface area contributed by atoms with Gasteiger partial charge in [0.2, 0.25) is 0 Å². The number of fused-ring (bicyclic) bond motifs is 3. The van der Waals surface area contributed by atoms with Gasteiger partial charge in [-0.15, -0.1) is 11.3 Å². The van der Waals surface area contributed by atoms with Crippen molar-refractivity contribution in [1.29, 1.82) is 0 Å². The lowest BCUT2D eigenvalue weighted by atomic mass is 10.0. The molecule has 0 amide bonds. The summed E-state index contributed by atoms with van der Waals surface area (Å²) in [5, 5.41) is 1.39. The van der Waals surface area contributed by atoms with Gasteiger partial charge in [0.25, 0.3) is 5.56 Å². The van der Waals surface area contributed by atoms with Crippen LogP contribution in [0, 0.1) is 0 Å². The van der Waals surface area contributed by atoms with E-state index in [2.05, 4.69) is 39.1 Å². The number of aromatic nitrogens is 2. The average Bonchev–Trinajstić information content (AvgIpc) is 3.12. The molecule has 0 aliphatic carbocycles. The van der Waals surface area contributed by atoms with Gasteiger partial charge >= 0.3 is 0 Å². The third-order valence-electron chi connectivity index (χ3n) is 5.28.